The van der Waals surface area contributed by atoms with Gasteiger partial charge in [0.15, 0.2) is 5.92 Å². The average Bonchev–Trinajstić information content (AvgIpc) is 1.94. The monoisotopic (exact) mass is 222 g/mol. The van der Waals surface area contributed by atoms with Crippen LogP contribution < -0.4 is 0 Å². The van der Waals surface area contributed by atoms with Crippen molar-refractivity contribution < 1.29 is 13.2 Å². The topological polar surface area (TPSA) is 27.0 Å². The number of nitriles is 1. The molecule has 0 saturated heterocycles. The fourth-order valence-electron chi connectivity index (χ4n) is 1.40. The van der Waals surface area contributed by atoms with Crippen LogP contribution in [-0.2, 0) is 0 Å². The highest BCUT2D eigenvalue weighted by atomic mass is 19.4. The van der Waals surface area contributed by atoms with E-state index in [9.17, 15) is 13.2 Å². The molecule has 1 unspecified atom stereocenters. The third kappa shape index (κ3) is 6.34. The predicted octanol–water partition coefficient (Wildman–Crippen LogP) is 2.67. The summed E-state index contributed by atoms with van der Waals surface area (Å²) in [5.74, 6) is -1.90. The molecular weight excluding hydrogens is 205 g/mol. The van der Waals surface area contributed by atoms with Gasteiger partial charge in [0.05, 0.1) is 6.07 Å². The van der Waals surface area contributed by atoms with Crippen LogP contribution in [0.2, 0.25) is 0 Å². The Bertz CT molecular complexity index is 235. The van der Waals surface area contributed by atoms with Crippen molar-refractivity contribution in [2.75, 3.05) is 20.1 Å². The van der Waals surface area contributed by atoms with Gasteiger partial charge in [0, 0.05) is 13.1 Å². The van der Waals surface area contributed by atoms with Crippen molar-refractivity contribution in [3.05, 3.63) is 0 Å². The van der Waals surface area contributed by atoms with E-state index in [-0.39, 0.29) is 12.0 Å². The number of hydrogen-bond donors (Lipinski definition) is 0. The van der Waals surface area contributed by atoms with Crippen LogP contribution in [0.15, 0.2) is 0 Å². The zero-order chi connectivity index (χ0) is 12.3. The molecule has 0 bridgehead atoms. The molecule has 0 amide bonds. The minimum atomic E-state index is -4.43. The largest absolute Gasteiger partial charge is 0.405 e. The van der Waals surface area contributed by atoms with Crippen molar-refractivity contribution in [2.24, 2.45) is 11.3 Å². The van der Waals surface area contributed by atoms with Gasteiger partial charge in [-0.1, -0.05) is 20.8 Å². The second-order valence-electron chi connectivity index (χ2n) is 4.98. The van der Waals surface area contributed by atoms with Crippen molar-refractivity contribution in [1.82, 2.24) is 4.90 Å². The molecule has 0 radical (unpaired) electrons. The molecule has 15 heavy (non-hydrogen) atoms. The summed E-state index contributed by atoms with van der Waals surface area (Å²) in [6, 6.07) is 1.29. The van der Waals surface area contributed by atoms with Gasteiger partial charge in [-0.05, 0) is 12.5 Å². The van der Waals surface area contributed by atoms with Crippen molar-refractivity contribution in [3.63, 3.8) is 0 Å². The van der Waals surface area contributed by atoms with Gasteiger partial charge in [-0.2, -0.15) is 18.4 Å². The zero-order valence-corrected chi connectivity index (χ0v) is 9.52. The Balaban J connectivity index is 4.28. The summed E-state index contributed by atoms with van der Waals surface area (Å²) in [4.78, 5) is 1.54. The van der Waals surface area contributed by atoms with Gasteiger partial charge >= 0.3 is 6.18 Å². The van der Waals surface area contributed by atoms with Crippen LogP contribution >= 0.6 is 0 Å². The highest BCUT2D eigenvalue weighted by molar-refractivity contribution is 4.90. The molecule has 5 heteroatoms. The van der Waals surface area contributed by atoms with Crippen molar-refractivity contribution in [3.8, 4) is 6.07 Å². The smallest absolute Gasteiger partial charge is 0.304 e. The maximum atomic E-state index is 12.3. The summed E-state index contributed by atoms with van der Waals surface area (Å²) < 4.78 is 36.8. The summed E-state index contributed by atoms with van der Waals surface area (Å²) in [7, 11) is 1.60. The molecule has 1 atom stereocenters. The lowest BCUT2D eigenvalue weighted by atomic mass is 9.96. The maximum absolute atomic E-state index is 12.3. The number of alkyl halides is 3. The quantitative estimate of drug-likeness (QED) is 0.734. The van der Waals surface area contributed by atoms with Crippen LogP contribution in [0.1, 0.15) is 20.8 Å². The number of rotatable bonds is 3. The van der Waals surface area contributed by atoms with Gasteiger partial charge in [-0.3, -0.25) is 0 Å². The fraction of sp³-hybridized carbons (Fsp3) is 0.900. The highest BCUT2D eigenvalue weighted by Crippen LogP contribution is 2.26. The lowest BCUT2D eigenvalue weighted by molar-refractivity contribution is -0.163. The van der Waals surface area contributed by atoms with Gasteiger partial charge in [-0.25, -0.2) is 0 Å². The van der Waals surface area contributed by atoms with Crippen LogP contribution in [0.25, 0.3) is 0 Å². The summed E-state index contributed by atoms with van der Waals surface area (Å²) in [5.41, 5.74) is -0.0691. The van der Waals surface area contributed by atoms with Crippen LogP contribution in [0, 0.1) is 22.7 Å². The molecule has 0 aromatic rings. The van der Waals surface area contributed by atoms with Crippen molar-refractivity contribution >= 4 is 0 Å². The third-order valence-corrected chi connectivity index (χ3v) is 1.79. The molecule has 0 aromatic heterocycles. The first-order chi connectivity index (χ1) is 6.56. The van der Waals surface area contributed by atoms with E-state index in [0.29, 0.717) is 6.54 Å². The Morgan fingerprint density at radius 1 is 1.27 bits per heavy atom. The Labute approximate surface area is 88.7 Å². The second-order valence-corrected chi connectivity index (χ2v) is 4.98. The molecular formula is C10H17F3N2. The normalized spacial score (nSPS) is 15.1. The second kappa shape index (κ2) is 4.84. The molecule has 88 valence electrons. The van der Waals surface area contributed by atoms with Gasteiger partial charge in [0.25, 0.3) is 0 Å². The van der Waals surface area contributed by atoms with Crippen LogP contribution in [-0.4, -0.2) is 31.2 Å². The Hall–Kier alpha value is -0.760. The van der Waals surface area contributed by atoms with E-state index in [1.54, 1.807) is 11.9 Å². The van der Waals surface area contributed by atoms with E-state index in [2.05, 4.69) is 0 Å². The predicted molar refractivity (Wildman–Crippen MR) is 52.1 cm³/mol. The standard InChI is InChI=1S/C10H17F3N2/c1-9(2,3)7-15(4)6-8(5-14)10(11,12)13/h8H,6-7H2,1-4H3. The summed E-state index contributed by atoms with van der Waals surface area (Å²) in [6.45, 7) is 6.09. The first-order valence-electron chi connectivity index (χ1n) is 4.71. The highest BCUT2D eigenvalue weighted by Gasteiger charge is 2.40. The molecule has 0 N–H and O–H groups in total. The van der Waals surface area contributed by atoms with E-state index < -0.39 is 12.1 Å². The first kappa shape index (κ1) is 14.2. The Morgan fingerprint density at radius 3 is 2.00 bits per heavy atom. The number of halogens is 3. The van der Waals surface area contributed by atoms with Crippen molar-refractivity contribution in [1.29, 1.82) is 5.26 Å². The van der Waals surface area contributed by atoms with Gasteiger partial charge in [0.2, 0.25) is 0 Å². The number of nitrogens with zero attached hydrogens (tertiary/aromatic N) is 2. The van der Waals surface area contributed by atoms with Gasteiger partial charge < -0.3 is 4.90 Å². The van der Waals surface area contributed by atoms with E-state index in [4.69, 9.17) is 5.26 Å². The SMILES string of the molecule is CN(CC(C#N)C(F)(F)F)CC(C)(C)C. The summed E-state index contributed by atoms with van der Waals surface area (Å²) in [6.07, 6.45) is -4.43. The lowest BCUT2D eigenvalue weighted by Crippen LogP contribution is -2.37. The van der Waals surface area contributed by atoms with Crippen LogP contribution in [0.4, 0.5) is 13.2 Å². The lowest BCUT2D eigenvalue weighted by Gasteiger charge is -2.28. The molecule has 0 saturated carbocycles. The molecule has 0 rings (SSSR count). The maximum Gasteiger partial charge on any atom is 0.405 e. The van der Waals surface area contributed by atoms with E-state index in [1.807, 2.05) is 20.8 Å². The minimum Gasteiger partial charge on any atom is -0.304 e. The molecule has 0 fully saturated rings. The van der Waals surface area contributed by atoms with E-state index >= 15 is 0 Å². The molecule has 0 aliphatic rings. The van der Waals surface area contributed by atoms with E-state index in [1.165, 1.54) is 6.07 Å². The molecule has 0 aliphatic heterocycles. The van der Waals surface area contributed by atoms with Gasteiger partial charge in [-0.15, -0.1) is 0 Å². The van der Waals surface area contributed by atoms with Crippen LogP contribution in [0.3, 0.4) is 0 Å². The minimum absolute atomic E-state index is 0.0691. The summed E-state index contributed by atoms with van der Waals surface area (Å²) in [5, 5.41) is 8.41. The third-order valence-electron chi connectivity index (χ3n) is 1.79. The van der Waals surface area contributed by atoms with Gasteiger partial charge in [0.1, 0.15) is 0 Å². The Morgan fingerprint density at radius 2 is 1.73 bits per heavy atom. The number of hydrogen-bond acceptors (Lipinski definition) is 2. The molecule has 0 aliphatic carbocycles. The summed E-state index contributed by atoms with van der Waals surface area (Å²) >= 11 is 0. The molecule has 2 nitrogen and oxygen atoms in total. The fourth-order valence-corrected chi connectivity index (χ4v) is 1.40. The molecule has 0 spiro atoms. The Kier molecular flexibility index (Phi) is 4.60. The van der Waals surface area contributed by atoms with Crippen LogP contribution in [0.5, 0.6) is 0 Å². The van der Waals surface area contributed by atoms with E-state index in [0.717, 1.165) is 0 Å². The van der Waals surface area contributed by atoms with Crippen molar-refractivity contribution in [2.45, 2.75) is 26.9 Å². The average molecular weight is 222 g/mol. The zero-order valence-electron chi connectivity index (χ0n) is 9.52. The molecule has 0 heterocycles. The first-order valence-corrected chi connectivity index (χ1v) is 4.71. The molecule has 0 aromatic carbocycles.